The Bertz CT molecular complexity index is 2080. The minimum atomic E-state index is -1.24. The van der Waals surface area contributed by atoms with Gasteiger partial charge < -0.3 is 26.3 Å². The number of hydrogen-bond acceptors (Lipinski definition) is 11. The Morgan fingerprint density at radius 2 is 1.96 bits per heavy atom. The van der Waals surface area contributed by atoms with Gasteiger partial charge in [-0.25, -0.2) is 24.1 Å². The van der Waals surface area contributed by atoms with Crippen molar-refractivity contribution < 1.29 is 23.6 Å². The molecule has 0 fully saturated rings. The average molecular weight is 636 g/mol. The largest absolute Gasteiger partial charge is 0.477 e. The number of amides is 1. The van der Waals surface area contributed by atoms with E-state index in [-0.39, 0.29) is 55.3 Å². The molecule has 1 amide bonds. The molecule has 0 saturated carbocycles. The quantitative estimate of drug-likeness (QED) is 0.183. The Morgan fingerprint density at radius 3 is 2.69 bits per heavy atom. The molecule has 0 saturated heterocycles. The number of aryl methyl sites for hydroxylation is 2. The molecule has 4 heterocycles. The normalized spacial score (nSPS) is 13.3. The van der Waals surface area contributed by atoms with E-state index >= 15 is 0 Å². The predicted molar refractivity (Wildman–Crippen MR) is 166 cm³/mol. The molecule has 4 aromatic heterocycles. The molecule has 7 rings (SSSR count). The maximum absolute atomic E-state index is 12.4. The predicted octanol–water partition coefficient (Wildman–Crippen LogP) is 3.42. The number of carboxylic acid groups (broad SMARTS) is 1. The van der Waals surface area contributed by atoms with Gasteiger partial charge in [-0.1, -0.05) is 30.8 Å². The zero-order valence-electron chi connectivity index (χ0n) is 23.1. The lowest BCUT2D eigenvalue weighted by Crippen LogP contribution is -2.25. The van der Waals surface area contributed by atoms with Crippen molar-refractivity contribution in [2.75, 3.05) is 5.73 Å². The highest BCUT2D eigenvalue weighted by Gasteiger charge is 2.20. The van der Waals surface area contributed by atoms with E-state index in [1.54, 1.807) is 13.0 Å². The molecule has 16 heteroatoms. The minimum absolute atomic E-state index is 0. The highest BCUT2D eigenvalue weighted by atomic mass is 35.5. The maximum atomic E-state index is 12.4. The average Bonchev–Trinajstić information content (AvgIpc) is 3.76. The standard InChI is InChI=1S/C17H14N6O4.C11H11N3O2.CH4.ClH/c1-8-20-10-4-9(2-3-13(10)27-8)7-19-16(24)11-5-12(17(25)26)23-15(21-11)6-14(18)22-23;12-9-4-2-6-5-7(1-3-8(6)9)10-13-11(15)16-14-10;;/h2-6H,7H2,1H3,(H2,18,22)(H,19,24)(H,25,26);1,3,5,9H,2,4,12H2,(H,13,14,15);1H4;1H/t;9-;;/m.0../s1. The topological polar surface area (TPSA) is 234 Å². The number of carboxylic acids is 1. The van der Waals surface area contributed by atoms with E-state index in [4.69, 9.17) is 15.9 Å². The van der Waals surface area contributed by atoms with Gasteiger partial charge in [-0.3, -0.25) is 14.3 Å². The molecular formula is C29H30ClN9O6. The van der Waals surface area contributed by atoms with Crippen molar-refractivity contribution in [2.45, 2.75) is 39.8 Å². The van der Waals surface area contributed by atoms with Crippen molar-refractivity contribution in [1.82, 2.24) is 35.0 Å². The van der Waals surface area contributed by atoms with Gasteiger partial charge in [0.25, 0.3) is 5.91 Å². The van der Waals surface area contributed by atoms with Crippen LogP contribution >= 0.6 is 12.4 Å². The Morgan fingerprint density at radius 1 is 1.16 bits per heavy atom. The number of aromatic amines is 1. The Balaban J connectivity index is 0.000000220. The molecule has 1 aliphatic carbocycles. The van der Waals surface area contributed by atoms with Gasteiger partial charge in [0.2, 0.25) is 0 Å². The van der Waals surface area contributed by atoms with Gasteiger partial charge in [-0.05, 0) is 47.7 Å². The number of nitrogens with one attached hydrogen (secondary N) is 2. The summed E-state index contributed by atoms with van der Waals surface area (Å²) in [5.74, 6) is -1.16. The second-order valence-electron chi connectivity index (χ2n) is 9.89. The van der Waals surface area contributed by atoms with Gasteiger partial charge in [-0.2, -0.15) is 0 Å². The third kappa shape index (κ3) is 6.68. The van der Waals surface area contributed by atoms with E-state index in [2.05, 4.69) is 35.0 Å². The number of carbonyl (C=O) groups is 2. The molecule has 0 unspecified atom stereocenters. The van der Waals surface area contributed by atoms with Gasteiger partial charge in [-0.15, -0.1) is 17.5 Å². The van der Waals surface area contributed by atoms with Crippen LogP contribution in [0.2, 0.25) is 0 Å². The van der Waals surface area contributed by atoms with Crippen molar-refractivity contribution in [3.63, 3.8) is 0 Å². The first-order valence-corrected chi connectivity index (χ1v) is 13.1. The summed E-state index contributed by atoms with van der Waals surface area (Å²) in [6.07, 6.45) is 1.96. The van der Waals surface area contributed by atoms with Crippen LogP contribution in [0.25, 0.3) is 28.1 Å². The summed E-state index contributed by atoms with van der Waals surface area (Å²) in [6.45, 7) is 1.98. The van der Waals surface area contributed by atoms with Crippen LogP contribution in [0.15, 0.2) is 62.3 Å². The van der Waals surface area contributed by atoms with E-state index in [1.807, 2.05) is 30.3 Å². The van der Waals surface area contributed by atoms with E-state index in [9.17, 15) is 19.5 Å². The van der Waals surface area contributed by atoms with Crippen LogP contribution in [0.3, 0.4) is 0 Å². The van der Waals surface area contributed by atoms with E-state index in [1.165, 1.54) is 17.2 Å². The number of rotatable bonds is 5. The SMILES string of the molecule is C.Cc1nc2cc(CNC(=O)c3cc(C(=O)O)n4nc(N)cc4n3)ccc2o1.Cl.N[C@H]1CCc2cc(-c3noc(=O)[nH]3)ccc21. The van der Waals surface area contributed by atoms with Crippen molar-refractivity contribution in [3.8, 4) is 11.4 Å². The lowest BCUT2D eigenvalue weighted by atomic mass is 10.0. The van der Waals surface area contributed by atoms with Gasteiger partial charge in [0.1, 0.15) is 17.0 Å². The Kier molecular flexibility index (Phi) is 9.34. The summed E-state index contributed by atoms with van der Waals surface area (Å²) < 4.78 is 11.0. The Hall–Kier alpha value is -5.54. The van der Waals surface area contributed by atoms with E-state index < -0.39 is 17.6 Å². The van der Waals surface area contributed by atoms with Crippen molar-refractivity contribution in [3.05, 3.63) is 93.1 Å². The van der Waals surface area contributed by atoms with E-state index in [0.29, 0.717) is 22.8 Å². The highest BCUT2D eigenvalue weighted by Crippen LogP contribution is 2.31. The van der Waals surface area contributed by atoms with Crippen LogP contribution < -0.4 is 22.5 Å². The molecule has 0 aliphatic heterocycles. The van der Waals surface area contributed by atoms with Crippen LogP contribution in [-0.4, -0.2) is 46.7 Å². The fraction of sp³-hybridized carbons (Fsp3) is 0.207. The van der Waals surface area contributed by atoms with Gasteiger partial charge in [0, 0.05) is 37.2 Å². The third-order valence-electron chi connectivity index (χ3n) is 6.89. The first-order valence-electron chi connectivity index (χ1n) is 13.1. The number of fused-ring (bicyclic) bond motifs is 3. The van der Waals surface area contributed by atoms with Crippen LogP contribution in [0.4, 0.5) is 5.82 Å². The minimum Gasteiger partial charge on any atom is -0.477 e. The molecule has 6 aromatic rings. The monoisotopic (exact) mass is 635 g/mol. The van der Waals surface area contributed by atoms with Crippen molar-refractivity contribution in [1.29, 1.82) is 0 Å². The first-order chi connectivity index (χ1) is 20.6. The second kappa shape index (κ2) is 13.0. The highest BCUT2D eigenvalue weighted by molar-refractivity contribution is 5.96. The molecular weight excluding hydrogens is 606 g/mol. The third-order valence-corrected chi connectivity index (χ3v) is 6.89. The number of carbonyl (C=O) groups excluding carboxylic acids is 1. The number of oxazole rings is 1. The molecule has 7 N–H and O–H groups in total. The summed E-state index contributed by atoms with van der Waals surface area (Å²) in [7, 11) is 0. The van der Waals surface area contributed by atoms with Crippen LogP contribution in [0.1, 0.15) is 63.4 Å². The molecule has 234 valence electrons. The number of nitrogens with two attached hydrogens (primary N) is 2. The smallest absolute Gasteiger partial charge is 0.439 e. The van der Waals surface area contributed by atoms with Crippen molar-refractivity contribution >= 4 is 46.8 Å². The lowest BCUT2D eigenvalue weighted by molar-refractivity contribution is 0.0687. The summed E-state index contributed by atoms with van der Waals surface area (Å²) >= 11 is 0. The molecule has 15 nitrogen and oxygen atoms in total. The van der Waals surface area contributed by atoms with Gasteiger partial charge >= 0.3 is 11.7 Å². The first kappa shape index (κ1) is 32.4. The summed E-state index contributed by atoms with van der Waals surface area (Å²) in [5, 5.41) is 19.6. The second-order valence-corrected chi connectivity index (χ2v) is 9.89. The maximum Gasteiger partial charge on any atom is 0.439 e. The molecule has 45 heavy (non-hydrogen) atoms. The number of anilines is 1. The number of nitrogen functional groups attached to an aromatic ring is 1. The number of aromatic nitrogens is 6. The fourth-order valence-corrected chi connectivity index (χ4v) is 4.88. The molecule has 2 aromatic carbocycles. The van der Waals surface area contributed by atoms with Gasteiger partial charge in [0.05, 0.1) is 0 Å². The van der Waals surface area contributed by atoms with E-state index in [0.717, 1.165) is 34.6 Å². The lowest BCUT2D eigenvalue weighted by Gasteiger charge is -2.07. The zero-order chi connectivity index (χ0) is 30.2. The van der Waals surface area contributed by atoms with Crippen molar-refractivity contribution in [2.24, 2.45) is 5.73 Å². The Labute approximate surface area is 261 Å². The van der Waals surface area contributed by atoms with Crippen LogP contribution in [-0.2, 0) is 13.0 Å². The number of nitrogens with zero attached hydrogens (tertiary/aromatic N) is 5. The zero-order valence-corrected chi connectivity index (χ0v) is 23.9. The number of aromatic carboxylic acids is 1. The molecule has 0 bridgehead atoms. The van der Waals surface area contributed by atoms with Crippen LogP contribution in [0, 0.1) is 6.92 Å². The summed E-state index contributed by atoms with van der Waals surface area (Å²) in [5.41, 5.74) is 16.9. The molecule has 1 aliphatic rings. The number of halogens is 1. The van der Waals surface area contributed by atoms with Crippen LogP contribution in [0.5, 0.6) is 0 Å². The molecule has 0 radical (unpaired) electrons. The van der Waals surface area contributed by atoms with Gasteiger partial charge in [0.15, 0.2) is 28.6 Å². The summed E-state index contributed by atoms with van der Waals surface area (Å²) in [6, 6.07) is 14.0. The fourth-order valence-electron chi connectivity index (χ4n) is 4.88. The molecule has 1 atom stereocenters. The molecule has 0 spiro atoms. The number of hydrogen-bond donors (Lipinski definition) is 5. The number of benzene rings is 2. The number of H-pyrrole nitrogens is 1. The summed E-state index contributed by atoms with van der Waals surface area (Å²) in [4.78, 5) is 45.6.